The summed E-state index contributed by atoms with van der Waals surface area (Å²) in [7, 11) is 0. The van der Waals surface area contributed by atoms with E-state index < -0.39 is 0 Å². The number of H-pyrrole nitrogens is 1. The fraction of sp³-hybridized carbons (Fsp3) is 0.250. The van der Waals surface area contributed by atoms with Crippen molar-refractivity contribution in [2.24, 2.45) is 0 Å². The zero-order chi connectivity index (χ0) is 12.6. The molecule has 0 unspecified atom stereocenters. The van der Waals surface area contributed by atoms with Gasteiger partial charge in [-0.1, -0.05) is 0 Å². The predicted octanol–water partition coefficient (Wildman–Crippen LogP) is 1.50. The molecule has 0 saturated heterocycles. The Morgan fingerprint density at radius 3 is 2.71 bits per heavy atom. The van der Waals surface area contributed by atoms with Gasteiger partial charge in [-0.3, -0.25) is 9.59 Å². The number of aromatic nitrogens is 2. The number of aromatic amines is 1. The van der Waals surface area contributed by atoms with Crippen molar-refractivity contribution < 1.29 is 4.79 Å². The van der Waals surface area contributed by atoms with Crippen LogP contribution in [0.1, 0.15) is 18.2 Å². The number of aryl methyl sites for hydroxylation is 2. The number of carbonyl (C=O) groups is 1. The Morgan fingerprint density at radius 1 is 1.35 bits per heavy atom. The van der Waals surface area contributed by atoms with E-state index in [9.17, 15) is 9.59 Å². The second-order valence-corrected chi connectivity index (χ2v) is 4.04. The Morgan fingerprint density at radius 2 is 2.06 bits per heavy atom. The topological polar surface area (TPSA) is 74.8 Å². The lowest BCUT2D eigenvalue weighted by Crippen LogP contribution is -2.17. The van der Waals surface area contributed by atoms with Gasteiger partial charge in [0.15, 0.2) is 0 Å². The smallest absolute Gasteiger partial charge is 0.273 e. The van der Waals surface area contributed by atoms with E-state index in [1.807, 2.05) is 19.9 Å². The first-order chi connectivity index (χ1) is 7.97. The molecular weight excluding hydrogens is 218 g/mol. The highest BCUT2D eigenvalue weighted by molar-refractivity contribution is 5.91. The maximum Gasteiger partial charge on any atom is 0.273 e. The van der Waals surface area contributed by atoms with Gasteiger partial charge in [-0.05, 0) is 31.5 Å². The number of carbonyl (C=O) groups excluding carboxylic acids is 1. The number of hydrogen-bond acceptors (Lipinski definition) is 3. The molecule has 0 aromatic carbocycles. The van der Waals surface area contributed by atoms with Crippen molar-refractivity contribution in [3.8, 4) is 0 Å². The molecule has 0 aliphatic heterocycles. The Bertz CT molecular complexity index is 659. The Hall–Kier alpha value is -2.17. The Kier molecular flexibility index (Phi) is 2.67. The molecule has 88 valence electrons. The van der Waals surface area contributed by atoms with Gasteiger partial charge in [0, 0.05) is 18.0 Å². The molecule has 2 heterocycles. The van der Waals surface area contributed by atoms with Gasteiger partial charge < -0.3 is 10.3 Å². The average Bonchev–Trinajstić information content (AvgIpc) is 2.19. The van der Waals surface area contributed by atoms with Crippen LogP contribution < -0.4 is 10.9 Å². The summed E-state index contributed by atoms with van der Waals surface area (Å²) in [6, 6.07) is 3.58. The van der Waals surface area contributed by atoms with Crippen LogP contribution in [0.5, 0.6) is 0 Å². The number of pyridine rings is 2. The van der Waals surface area contributed by atoms with Crippen molar-refractivity contribution in [3.05, 3.63) is 33.7 Å². The standard InChI is InChI=1S/C12H13N3O2/c1-6-4-7(2)13-11-9(6)5-10(12(17)15-11)14-8(3)16/h4-5H,1-3H3,(H,14,16)(H,13,15,17). The van der Waals surface area contributed by atoms with E-state index in [1.165, 1.54) is 6.92 Å². The first kappa shape index (κ1) is 11.3. The summed E-state index contributed by atoms with van der Waals surface area (Å²) in [5, 5.41) is 3.33. The highest BCUT2D eigenvalue weighted by Gasteiger charge is 2.07. The number of fused-ring (bicyclic) bond motifs is 1. The largest absolute Gasteiger partial charge is 0.322 e. The van der Waals surface area contributed by atoms with Crippen LogP contribution in [0.2, 0.25) is 0 Å². The molecular formula is C12H13N3O2. The number of rotatable bonds is 1. The number of anilines is 1. The van der Waals surface area contributed by atoms with E-state index >= 15 is 0 Å². The average molecular weight is 231 g/mol. The number of nitrogens with zero attached hydrogens (tertiary/aromatic N) is 1. The molecule has 17 heavy (non-hydrogen) atoms. The molecule has 0 saturated carbocycles. The second-order valence-electron chi connectivity index (χ2n) is 4.04. The van der Waals surface area contributed by atoms with Gasteiger partial charge in [0.05, 0.1) is 0 Å². The van der Waals surface area contributed by atoms with Gasteiger partial charge in [0.2, 0.25) is 5.91 Å². The van der Waals surface area contributed by atoms with Crippen LogP contribution in [0.4, 0.5) is 5.69 Å². The summed E-state index contributed by atoms with van der Waals surface area (Å²) in [6.07, 6.45) is 0. The van der Waals surface area contributed by atoms with E-state index in [-0.39, 0.29) is 17.2 Å². The summed E-state index contributed by atoms with van der Waals surface area (Å²) >= 11 is 0. The van der Waals surface area contributed by atoms with Gasteiger partial charge >= 0.3 is 0 Å². The Labute approximate surface area is 97.9 Å². The SMILES string of the molecule is CC(=O)Nc1cc2c(C)cc(C)nc2[nH]c1=O. The maximum atomic E-state index is 11.7. The molecule has 0 spiro atoms. The highest BCUT2D eigenvalue weighted by atomic mass is 16.2. The fourth-order valence-corrected chi connectivity index (χ4v) is 1.79. The third kappa shape index (κ3) is 2.18. The summed E-state index contributed by atoms with van der Waals surface area (Å²) < 4.78 is 0. The first-order valence-corrected chi connectivity index (χ1v) is 5.26. The first-order valence-electron chi connectivity index (χ1n) is 5.26. The molecule has 2 N–H and O–H groups in total. The molecule has 0 radical (unpaired) electrons. The van der Waals surface area contributed by atoms with Gasteiger partial charge in [-0.2, -0.15) is 0 Å². The molecule has 2 aromatic rings. The summed E-state index contributed by atoms with van der Waals surface area (Å²) in [5.74, 6) is -0.271. The lowest BCUT2D eigenvalue weighted by atomic mass is 10.1. The minimum absolute atomic E-state index is 0.249. The van der Waals surface area contributed by atoms with E-state index in [0.717, 1.165) is 16.6 Å². The number of nitrogens with one attached hydrogen (secondary N) is 2. The lowest BCUT2D eigenvalue weighted by Gasteiger charge is -2.06. The summed E-state index contributed by atoms with van der Waals surface area (Å²) in [5.41, 5.74) is 2.30. The third-order valence-corrected chi connectivity index (χ3v) is 2.47. The van der Waals surface area contributed by atoms with Crippen molar-refractivity contribution in [2.45, 2.75) is 20.8 Å². The third-order valence-electron chi connectivity index (χ3n) is 2.47. The highest BCUT2D eigenvalue weighted by Crippen LogP contribution is 2.17. The molecule has 0 aliphatic carbocycles. The van der Waals surface area contributed by atoms with E-state index in [0.29, 0.717) is 5.65 Å². The maximum absolute atomic E-state index is 11.7. The minimum atomic E-state index is -0.342. The Balaban J connectivity index is 2.71. The molecule has 0 aliphatic rings. The monoisotopic (exact) mass is 231 g/mol. The van der Waals surface area contributed by atoms with Crippen LogP contribution in [-0.2, 0) is 4.79 Å². The second kappa shape index (κ2) is 4.01. The van der Waals surface area contributed by atoms with Crippen molar-refractivity contribution in [1.29, 1.82) is 0 Å². The van der Waals surface area contributed by atoms with Gasteiger partial charge in [0.25, 0.3) is 5.56 Å². The van der Waals surface area contributed by atoms with Crippen LogP contribution in [0.25, 0.3) is 11.0 Å². The quantitative estimate of drug-likeness (QED) is 0.781. The van der Waals surface area contributed by atoms with E-state index in [1.54, 1.807) is 6.07 Å². The fourth-order valence-electron chi connectivity index (χ4n) is 1.79. The normalized spacial score (nSPS) is 10.5. The molecule has 0 fully saturated rings. The summed E-state index contributed by atoms with van der Waals surface area (Å²) in [4.78, 5) is 29.6. The van der Waals surface area contributed by atoms with Gasteiger partial charge in [-0.15, -0.1) is 0 Å². The minimum Gasteiger partial charge on any atom is -0.322 e. The van der Waals surface area contributed by atoms with Crippen molar-refractivity contribution in [2.75, 3.05) is 5.32 Å². The molecule has 2 aromatic heterocycles. The van der Waals surface area contributed by atoms with Crippen LogP contribution >= 0.6 is 0 Å². The molecule has 0 atom stereocenters. The van der Waals surface area contributed by atoms with Crippen molar-refractivity contribution >= 4 is 22.6 Å². The summed E-state index contributed by atoms with van der Waals surface area (Å²) in [6.45, 7) is 5.17. The molecule has 2 rings (SSSR count). The van der Waals surface area contributed by atoms with Gasteiger partial charge in [-0.25, -0.2) is 4.98 Å². The number of amides is 1. The van der Waals surface area contributed by atoms with Crippen molar-refractivity contribution in [1.82, 2.24) is 9.97 Å². The molecule has 0 bridgehead atoms. The van der Waals surface area contributed by atoms with E-state index in [2.05, 4.69) is 15.3 Å². The zero-order valence-corrected chi connectivity index (χ0v) is 9.92. The van der Waals surface area contributed by atoms with Gasteiger partial charge in [0.1, 0.15) is 11.3 Å². The predicted molar refractivity (Wildman–Crippen MR) is 66.1 cm³/mol. The van der Waals surface area contributed by atoms with Crippen molar-refractivity contribution in [3.63, 3.8) is 0 Å². The lowest BCUT2D eigenvalue weighted by molar-refractivity contribution is -0.114. The van der Waals surface area contributed by atoms with Crippen LogP contribution in [0, 0.1) is 13.8 Å². The molecule has 5 heteroatoms. The molecule has 5 nitrogen and oxygen atoms in total. The zero-order valence-electron chi connectivity index (χ0n) is 9.92. The molecule has 1 amide bonds. The van der Waals surface area contributed by atoms with Crippen LogP contribution in [0.15, 0.2) is 16.9 Å². The van der Waals surface area contributed by atoms with Crippen LogP contribution in [-0.4, -0.2) is 15.9 Å². The van der Waals surface area contributed by atoms with E-state index in [4.69, 9.17) is 0 Å². The van der Waals surface area contributed by atoms with Crippen LogP contribution in [0.3, 0.4) is 0 Å². The number of hydrogen-bond donors (Lipinski definition) is 2.